The first-order valence-electron chi connectivity index (χ1n) is 9.08. The number of aliphatic hydroxyl groups is 1. The molecule has 3 N–H and O–H groups in total. The van der Waals surface area contributed by atoms with Crippen LogP contribution in [0.5, 0.6) is 5.75 Å². The van der Waals surface area contributed by atoms with Crippen molar-refractivity contribution in [3.05, 3.63) is 59.7 Å². The third kappa shape index (κ3) is 7.02. The number of carbonyl (C=O) groups excluding carboxylic acids is 2. The molecule has 0 aliphatic rings. The van der Waals surface area contributed by atoms with Crippen molar-refractivity contribution in [2.45, 2.75) is 26.1 Å². The van der Waals surface area contributed by atoms with Crippen molar-refractivity contribution in [1.82, 2.24) is 5.32 Å². The van der Waals surface area contributed by atoms with E-state index in [1.54, 1.807) is 19.2 Å². The zero-order valence-electron chi connectivity index (χ0n) is 16.1. The quantitative estimate of drug-likeness (QED) is 0.572. The molecule has 0 saturated heterocycles. The predicted molar refractivity (Wildman–Crippen MR) is 106 cm³/mol. The van der Waals surface area contributed by atoms with E-state index in [0.717, 1.165) is 23.3 Å². The fraction of sp³-hybridized carbons (Fsp3) is 0.333. The molecular formula is C21H26N2O5. The minimum Gasteiger partial charge on any atom is -0.497 e. The molecule has 0 heterocycles. The number of anilines is 1. The summed E-state index contributed by atoms with van der Waals surface area (Å²) in [6.07, 6.45) is -0.0218. The van der Waals surface area contributed by atoms with Gasteiger partial charge in [0.2, 0.25) is 0 Å². The fourth-order valence-electron chi connectivity index (χ4n) is 2.40. The monoisotopic (exact) mass is 386 g/mol. The number of amides is 2. The largest absolute Gasteiger partial charge is 0.497 e. The predicted octanol–water partition coefficient (Wildman–Crippen LogP) is 1.89. The van der Waals surface area contributed by atoms with Gasteiger partial charge in [-0.2, -0.15) is 0 Å². The van der Waals surface area contributed by atoms with Crippen LogP contribution in [0.1, 0.15) is 18.1 Å². The number of rotatable bonds is 9. The van der Waals surface area contributed by atoms with Crippen LogP contribution in [0.4, 0.5) is 5.69 Å². The number of hydrogen-bond donors (Lipinski definition) is 3. The Morgan fingerprint density at radius 1 is 1.00 bits per heavy atom. The molecule has 7 nitrogen and oxygen atoms in total. The molecule has 0 radical (unpaired) electrons. The van der Waals surface area contributed by atoms with E-state index in [1.807, 2.05) is 43.3 Å². The Kier molecular flexibility index (Phi) is 8.45. The van der Waals surface area contributed by atoms with Gasteiger partial charge in [-0.1, -0.05) is 31.2 Å². The fourth-order valence-corrected chi connectivity index (χ4v) is 2.40. The van der Waals surface area contributed by atoms with Gasteiger partial charge < -0.3 is 25.2 Å². The van der Waals surface area contributed by atoms with E-state index in [4.69, 9.17) is 9.47 Å². The SMILES string of the molecule is CCc1ccc(NC(=O)C(=O)NCC(O)COCc2ccc(OC)cc2)cc1. The second kappa shape index (κ2) is 11.1. The number of methoxy groups -OCH3 is 1. The van der Waals surface area contributed by atoms with Crippen LogP contribution in [0.15, 0.2) is 48.5 Å². The van der Waals surface area contributed by atoms with Crippen LogP contribution in [0.2, 0.25) is 0 Å². The molecule has 0 aromatic heterocycles. The third-order valence-corrected chi connectivity index (χ3v) is 4.06. The van der Waals surface area contributed by atoms with Crippen molar-refractivity contribution >= 4 is 17.5 Å². The summed E-state index contributed by atoms with van der Waals surface area (Å²) < 4.78 is 10.5. The van der Waals surface area contributed by atoms with E-state index in [1.165, 1.54) is 0 Å². The van der Waals surface area contributed by atoms with Gasteiger partial charge in [-0.05, 0) is 41.8 Å². The maximum Gasteiger partial charge on any atom is 0.313 e. The van der Waals surface area contributed by atoms with Gasteiger partial charge in [0.05, 0.1) is 26.4 Å². The van der Waals surface area contributed by atoms with Crippen LogP contribution in [0.25, 0.3) is 0 Å². The van der Waals surface area contributed by atoms with Crippen molar-refractivity contribution in [2.75, 3.05) is 25.6 Å². The highest BCUT2D eigenvalue weighted by Crippen LogP contribution is 2.12. The molecule has 7 heteroatoms. The lowest BCUT2D eigenvalue weighted by molar-refractivity contribution is -0.136. The summed E-state index contributed by atoms with van der Waals surface area (Å²) >= 11 is 0. The van der Waals surface area contributed by atoms with Gasteiger partial charge in [-0.15, -0.1) is 0 Å². The summed E-state index contributed by atoms with van der Waals surface area (Å²) in [5.74, 6) is -0.838. The number of aliphatic hydroxyl groups excluding tert-OH is 1. The van der Waals surface area contributed by atoms with Crippen molar-refractivity contribution in [1.29, 1.82) is 0 Å². The van der Waals surface area contributed by atoms with Crippen molar-refractivity contribution in [3.63, 3.8) is 0 Å². The van der Waals surface area contributed by atoms with Gasteiger partial charge in [0, 0.05) is 12.2 Å². The molecule has 0 fully saturated rings. The molecule has 2 amide bonds. The second-order valence-corrected chi connectivity index (χ2v) is 6.23. The third-order valence-electron chi connectivity index (χ3n) is 4.06. The number of ether oxygens (including phenoxy) is 2. The molecule has 0 aliphatic carbocycles. The van der Waals surface area contributed by atoms with Gasteiger partial charge >= 0.3 is 11.8 Å². The normalized spacial score (nSPS) is 11.5. The number of hydrogen-bond acceptors (Lipinski definition) is 5. The van der Waals surface area contributed by atoms with Crippen molar-refractivity contribution in [2.24, 2.45) is 0 Å². The van der Waals surface area contributed by atoms with Crippen LogP contribution < -0.4 is 15.4 Å². The van der Waals surface area contributed by atoms with Gasteiger partial charge in [0.1, 0.15) is 5.75 Å². The molecule has 0 bridgehead atoms. The molecule has 0 saturated carbocycles. The Bertz CT molecular complexity index is 759. The summed E-state index contributed by atoms with van der Waals surface area (Å²) in [6.45, 7) is 2.31. The van der Waals surface area contributed by atoms with E-state index in [9.17, 15) is 14.7 Å². The smallest absolute Gasteiger partial charge is 0.313 e. The maximum atomic E-state index is 11.9. The molecule has 150 valence electrons. The summed E-state index contributed by atoms with van der Waals surface area (Å²) in [6, 6.07) is 14.6. The first-order chi connectivity index (χ1) is 13.5. The highest BCUT2D eigenvalue weighted by Gasteiger charge is 2.15. The van der Waals surface area contributed by atoms with Crippen LogP contribution in [0, 0.1) is 0 Å². The molecule has 1 unspecified atom stereocenters. The number of carbonyl (C=O) groups is 2. The minimum atomic E-state index is -0.918. The summed E-state index contributed by atoms with van der Waals surface area (Å²) in [5.41, 5.74) is 2.62. The number of benzene rings is 2. The average molecular weight is 386 g/mol. The first kappa shape index (κ1) is 21.4. The molecule has 2 aromatic carbocycles. The maximum absolute atomic E-state index is 11.9. The van der Waals surface area contributed by atoms with Crippen molar-refractivity contribution < 1.29 is 24.2 Å². The average Bonchev–Trinajstić information content (AvgIpc) is 2.73. The Morgan fingerprint density at radius 3 is 2.25 bits per heavy atom. The lowest BCUT2D eigenvalue weighted by Crippen LogP contribution is -2.40. The zero-order chi connectivity index (χ0) is 20.4. The zero-order valence-corrected chi connectivity index (χ0v) is 16.1. The molecule has 0 spiro atoms. The highest BCUT2D eigenvalue weighted by molar-refractivity contribution is 6.39. The van der Waals surface area contributed by atoms with E-state index in [2.05, 4.69) is 10.6 Å². The Hall–Kier alpha value is -2.90. The summed E-state index contributed by atoms with van der Waals surface area (Å²) in [5, 5.41) is 14.8. The van der Waals surface area contributed by atoms with Gasteiger partial charge in [0.15, 0.2) is 0 Å². The van der Waals surface area contributed by atoms with Crippen LogP contribution in [-0.2, 0) is 27.4 Å². The molecule has 28 heavy (non-hydrogen) atoms. The van der Waals surface area contributed by atoms with Gasteiger partial charge in [-0.3, -0.25) is 9.59 Å². The summed E-state index contributed by atoms with van der Waals surface area (Å²) in [4.78, 5) is 23.7. The van der Waals surface area contributed by atoms with Crippen LogP contribution in [-0.4, -0.2) is 43.3 Å². The molecule has 2 aromatic rings. The molecule has 2 rings (SSSR count). The van der Waals surface area contributed by atoms with Gasteiger partial charge in [-0.25, -0.2) is 0 Å². The second-order valence-electron chi connectivity index (χ2n) is 6.23. The Balaban J connectivity index is 1.66. The molecule has 0 aliphatic heterocycles. The van der Waals surface area contributed by atoms with E-state index in [0.29, 0.717) is 12.3 Å². The first-order valence-corrected chi connectivity index (χ1v) is 9.08. The Labute approximate surface area is 164 Å². The van der Waals surface area contributed by atoms with E-state index >= 15 is 0 Å². The van der Waals surface area contributed by atoms with Crippen LogP contribution in [0.3, 0.4) is 0 Å². The lowest BCUT2D eigenvalue weighted by Gasteiger charge is -2.13. The minimum absolute atomic E-state index is 0.0341. The van der Waals surface area contributed by atoms with E-state index in [-0.39, 0.29) is 13.2 Å². The molecular weight excluding hydrogens is 360 g/mol. The lowest BCUT2D eigenvalue weighted by atomic mass is 10.1. The Morgan fingerprint density at radius 2 is 1.64 bits per heavy atom. The molecule has 1 atom stereocenters. The number of nitrogens with one attached hydrogen (secondary N) is 2. The number of aryl methyl sites for hydroxylation is 1. The van der Waals surface area contributed by atoms with Gasteiger partial charge in [0.25, 0.3) is 0 Å². The van der Waals surface area contributed by atoms with Crippen LogP contribution >= 0.6 is 0 Å². The van der Waals surface area contributed by atoms with E-state index < -0.39 is 17.9 Å². The standard InChI is InChI=1S/C21H26N2O5/c1-3-15-4-8-17(9-5-15)23-21(26)20(25)22-12-18(24)14-28-13-16-6-10-19(27-2)11-7-16/h4-11,18,24H,3,12-14H2,1-2H3,(H,22,25)(H,23,26). The highest BCUT2D eigenvalue weighted by atomic mass is 16.5. The topological polar surface area (TPSA) is 96.9 Å². The van der Waals surface area contributed by atoms with Crippen molar-refractivity contribution in [3.8, 4) is 5.75 Å². The summed E-state index contributed by atoms with van der Waals surface area (Å²) in [7, 11) is 1.60.